The third kappa shape index (κ3) is 5.94. The van der Waals surface area contributed by atoms with Crippen LogP contribution in [0.5, 0.6) is 17.2 Å². The number of carbonyl (C=O) groups excluding carboxylic acids is 2. The van der Waals surface area contributed by atoms with Crippen molar-refractivity contribution in [1.82, 2.24) is 14.5 Å². The second-order valence-corrected chi connectivity index (χ2v) is 9.56. The number of amides is 1. The number of hydrogen-bond acceptors (Lipinski definition) is 7. The van der Waals surface area contributed by atoms with Crippen LogP contribution >= 0.6 is 0 Å². The van der Waals surface area contributed by atoms with Gasteiger partial charge in [0.1, 0.15) is 18.1 Å². The van der Waals surface area contributed by atoms with E-state index in [1.165, 1.54) is 19.1 Å². The van der Waals surface area contributed by atoms with Crippen molar-refractivity contribution < 1.29 is 28.9 Å². The molecule has 5 rings (SSSR count). The SMILES string of the molecule is COc1ccc(C(O)=C2C(=O)C(=O)N(CCCn3ccnc3)[C@@H]2c2ccc(OCc3ccccc3)cc2)cc1OC. The molecule has 210 valence electrons. The molecule has 1 atom stereocenters. The number of hydrogen-bond donors (Lipinski definition) is 1. The highest BCUT2D eigenvalue weighted by Crippen LogP contribution is 2.41. The van der Waals surface area contributed by atoms with Gasteiger partial charge in [0.15, 0.2) is 11.5 Å². The molecular weight excluding hydrogens is 522 g/mol. The van der Waals surface area contributed by atoms with Gasteiger partial charge in [-0.2, -0.15) is 0 Å². The van der Waals surface area contributed by atoms with Gasteiger partial charge in [0.05, 0.1) is 32.2 Å². The van der Waals surface area contributed by atoms with Gasteiger partial charge >= 0.3 is 0 Å². The molecule has 0 saturated carbocycles. The summed E-state index contributed by atoms with van der Waals surface area (Å²) in [5.41, 5.74) is 2.08. The number of Topliss-reactive ketones (excluding diaryl/α,β-unsaturated/α-hetero) is 1. The van der Waals surface area contributed by atoms with E-state index in [0.717, 1.165) is 5.56 Å². The van der Waals surface area contributed by atoms with E-state index in [1.54, 1.807) is 42.9 Å². The van der Waals surface area contributed by atoms with Crippen molar-refractivity contribution in [3.05, 3.63) is 114 Å². The molecule has 0 bridgehead atoms. The number of nitrogens with zero attached hydrogens (tertiary/aromatic N) is 3. The van der Waals surface area contributed by atoms with E-state index in [1.807, 2.05) is 53.2 Å². The molecule has 0 aliphatic carbocycles. The van der Waals surface area contributed by atoms with Gasteiger partial charge in [0.2, 0.25) is 0 Å². The molecule has 1 fully saturated rings. The van der Waals surface area contributed by atoms with Crippen LogP contribution in [-0.4, -0.2) is 52.0 Å². The monoisotopic (exact) mass is 553 g/mol. The summed E-state index contributed by atoms with van der Waals surface area (Å²) in [5, 5.41) is 11.4. The summed E-state index contributed by atoms with van der Waals surface area (Å²) in [6, 6.07) is 21.2. The zero-order valence-corrected chi connectivity index (χ0v) is 22.9. The summed E-state index contributed by atoms with van der Waals surface area (Å²) in [4.78, 5) is 32.3. The second-order valence-electron chi connectivity index (χ2n) is 9.56. The largest absolute Gasteiger partial charge is 0.507 e. The van der Waals surface area contributed by atoms with Crippen LogP contribution in [0.2, 0.25) is 0 Å². The zero-order chi connectivity index (χ0) is 28.8. The summed E-state index contributed by atoms with van der Waals surface area (Å²) >= 11 is 0. The summed E-state index contributed by atoms with van der Waals surface area (Å²) in [7, 11) is 3.00. The molecule has 2 heterocycles. The maximum absolute atomic E-state index is 13.4. The van der Waals surface area contributed by atoms with E-state index in [2.05, 4.69) is 4.98 Å². The Morgan fingerprint density at radius 2 is 1.68 bits per heavy atom. The normalized spacial score (nSPS) is 16.1. The number of likely N-dealkylation sites (tertiary alicyclic amines) is 1. The lowest BCUT2D eigenvalue weighted by atomic mass is 9.95. The van der Waals surface area contributed by atoms with Gasteiger partial charge in [-0.15, -0.1) is 0 Å². The molecular formula is C32H31N3O6. The van der Waals surface area contributed by atoms with Crippen LogP contribution < -0.4 is 14.2 Å². The fourth-order valence-corrected chi connectivity index (χ4v) is 4.93. The Morgan fingerprint density at radius 3 is 2.37 bits per heavy atom. The second kappa shape index (κ2) is 12.4. The third-order valence-electron chi connectivity index (χ3n) is 7.02. The molecule has 1 aliphatic heterocycles. The fourth-order valence-electron chi connectivity index (χ4n) is 4.93. The number of rotatable bonds is 11. The zero-order valence-electron chi connectivity index (χ0n) is 22.9. The van der Waals surface area contributed by atoms with E-state index in [4.69, 9.17) is 14.2 Å². The Balaban J connectivity index is 1.47. The molecule has 4 aromatic rings. The summed E-state index contributed by atoms with van der Waals surface area (Å²) in [6.45, 7) is 1.34. The lowest BCUT2D eigenvalue weighted by Gasteiger charge is -2.25. The molecule has 0 radical (unpaired) electrons. The summed E-state index contributed by atoms with van der Waals surface area (Å²) in [5.74, 6) is -0.166. The first kappa shape index (κ1) is 27.5. The van der Waals surface area contributed by atoms with Crippen molar-refractivity contribution in [2.75, 3.05) is 20.8 Å². The van der Waals surface area contributed by atoms with Crippen LogP contribution in [0.15, 0.2) is 97.1 Å². The topological polar surface area (TPSA) is 103 Å². The van der Waals surface area contributed by atoms with Gasteiger partial charge in [-0.3, -0.25) is 9.59 Å². The quantitative estimate of drug-likeness (QED) is 0.159. The number of aliphatic hydroxyl groups excluding tert-OH is 1. The summed E-state index contributed by atoms with van der Waals surface area (Å²) < 4.78 is 18.5. The number of ether oxygens (including phenoxy) is 3. The van der Waals surface area contributed by atoms with E-state index < -0.39 is 17.7 Å². The van der Waals surface area contributed by atoms with Crippen LogP contribution in [0.25, 0.3) is 5.76 Å². The van der Waals surface area contributed by atoms with Gasteiger partial charge in [-0.1, -0.05) is 42.5 Å². The van der Waals surface area contributed by atoms with Gasteiger partial charge < -0.3 is 28.8 Å². The molecule has 0 unspecified atom stereocenters. The highest BCUT2D eigenvalue weighted by molar-refractivity contribution is 6.46. The van der Waals surface area contributed by atoms with E-state index in [-0.39, 0.29) is 11.3 Å². The number of carbonyl (C=O) groups is 2. The molecule has 1 amide bonds. The number of aromatic nitrogens is 2. The van der Waals surface area contributed by atoms with Gasteiger partial charge in [0, 0.05) is 31.0 Å². The van der Waals surface area contributed by atoms with Gasteiger partial charge in [-0.05, 0) is 47.9 Å². The number of aryl methyl sites for hydroxylation is 1. The predicted octanol–water partition coefficient (Wildman–Crippen LogP) is 4.99. The highest BCUT2D eigenvalue weighted by Gasteiger charge is 2.45. The number of aliphatic hydroxyl groups is 1. The van der Waals surface area contributed by atoms with Crippen molar-refractivity contribution in [2.24, 2.45) is 0 Å². The van der Waals surface area contributed by atoms with Crippen LogP contribution in [0.3, 0.4) is 0 Å². The van der Waals surface area contributed by atoms with Crippen LogP contribution in [-0.2, 0) is 22.7 Å². The maximum Gasteiger partial charge on any atom is 0.295 e. The molecule has 1 aliphatic rings. The first-order chi connectivity index (χ1) is 20.0. The van der Waals surface area contributed by atoms with E-state index in [0.29, 0.717) is 54.5 Å². The standard InChI is InChI=1S/C32H31N3O6/c1-39-26-14-11-24(19-27(26)40-2)30(36)28-29(35(32(38)31(28)37)17-6-16-34-18-15-33-21-34)23-9-12-25(13-10-23)41-20-22-7-4-3-5-8-22/h3-5,7-15,18-19,21,29,36H,6,16-17,20H2,1-2H3/t29-/m1/s1. The number of imidazole rings is 1. The Morgan fingerprint density at radius 1 is 0.927 bits per heavy atom. The number of methoxy groups -OCH3 is 2. The van der Waals surface area contributed by atoms with Crippen molar-refractivity contribution in [3.63, 3.8) is 0 Å². The minimum absolute atomic E-state index is 0.0165. The van der Waals surface area contributed by atoms with E-state index in [9.17, 15) is 14.7 Å². The Labute approximate surface area is 238 Å². The maximum atomic E-state index is 13.4. The van der Waals surface area contributed by atoms with Crippen LogP contribution in [0.4, 0.5) is 0 Å². The van der Waals surface area contributed by atoms with Gasteiger partial charge in [0.25, 0.3) is 11.7 Å². The average Bonchev–Trinajstić information content (AvgIpc) is 3.62. The highest BCUT2D eigenvalue weighted by atomic mass is 16.5. The molecule has 1 aromatic heterocycles. The molecule has 41 heavy (non-hydrogen) atoms. The van der Waals surface area contributed by atoms with Crippen LogP contribution in [0.1, 0.15) is 29.2 Å². The molecule has 9 nitrogen and oxygen atoms in total. The van der Waals surface area contributed by atoms with Crippen molar-refractivity contribution in [1.29, 1.82) is 0 Å². The molecule has 3 aromatic carbocycles. The summed E-state index contributed by atoms with van der Waals surface area (Å²) in [6.07, 6.45) is 5.83. The Hall–Kier alpha value is -5.05. The Bertz CT molecular complexity index is 1530. The molecule has 1 N–H and O–H groups in total. The molecule has 1 saturated heterocycles. The fraction of sp³-hybridized carbons (Fsp3) is 0.219. The first-order valence-corrected chi connectivity index (χ1v) is 13.2. The van der Waals surface area contributed by atoms with Crippen molar-refractivity contribution >= 4 is 17.4 Å². The average molecular weight is 554 g/mol. The van der Waals surface area contributed by atoms with Gasteiger partial charge in [-0.25, -0.2) is 4.98 Å². The Kier molecular flexibility index (Phi) is 8.34. The van der Waals surface area contributed by atoms with Crippen molar-refractivity contribution in [2.45, 2.75) is 25.6 Å². The van der Waals surface area contributed by atoms with Crippen molar-refractivity contribution in [3.8, 4) is 17.2 Å². The lowest BCUT2D eigenvalue weighted by Crippen LogP contribution is -2.31. The minimum atomic E-state index is -0.783. The molecule has 9 heteroatoms. The third-order valence-corrected chi connectivity index (χ3v) is 7.02. The first-order valence-electron chi connectivity index (χ1n) is 13.2. The minimum Gasteiger partial charge on any atom is -0.507 e. The smallest absolute Gasteiger partial charge is 0.295 e. The molecule has 0 spiro atoms. The van der Waals surface area contributed by atoms with E-state index >= 15 is 0 Å². The number of benzene rings is 3. The predicted molar refractivity (Wildman–Crippen MR) is 153 cm³/mol. The van der Waals surface area contributed by atoms with Crippen LogP contribution in [0, 0.1) is 0 Å². The number of ketones is 1. The lowest BCUT2D eigenvalue weighted by molar-refractivity contribution is -0.139.